The van der Waals surface area contributed by atoms with Gasteiger partial charge in [0.1, 0.15) is 11.5 Å². The van der Waals surface area contributed by atoms with Crippen molar-refractivity contribution in [1.82, 2.24) is 0 Å². The van der Waals surface area contributed by atoms with Gasteiger partial charge < -0.3 is 10.2 Å². The maximum Gasteiger partial charge on any atom is 0.124 e. The van der Waals surface area contributed by atoms with Crippen LogP contribution in [0.15, 0.2) is 29.2 Å². The van der Waals surface area contributed by atoms with E-state index in [1.807, 2.05) is 19.1 Å². The molecule has 0 unspecified atom stereocenters. The van der Waals surface area contributed by atoms with Gasteiger partial charge in [0.15, 0.2) is 0 Å². The van der Waals surface area contributed by atoms with Crippen LogP contribution in [-0.4, -0.2) is 0 Å². The molecule has 0 amide bonds. The molecule has 0 aliphatic rings. The Morgan fingerprint density at radius 2 is 2.45 bits per heavy atom. The average molecular weight is 151 g/mol. The van der Waals surface area contributed by atoms with Crippen molar-refractivity contribution >= 4 is 0 Å². The third-order valence-electron chi connectivity index (χ3n) is 1.61. The lowest BCUT2D eigenvalue weighted by molar-refractivity contribution is 0.457. The SMILES string of the molecule is C=C[C@H](N)c1ccc(CC)o1. The highest BCUT2D eigenvalue weighted by Crippen LogP contribution is 2.15. The van der Waals surface area contributed by atoms with E-state index in [0.717, 1.165) is 17.9 Å². The predicted octanol–water partition coefficient (Wildman–Crippen LogP) is 2.03. The largest absolute Gasteiger partial charge is 0.464 e. The van der Waals surface area contributed by atoms with Crippen LogP contribution in [-0.2, 0) is 6.42 Å². The minimum Gasteiger partial charge on any atom is -0.464 e. The Hall–Kier alpha value is -1.02. The number of nitrogens with two attached hydrogens (primary N) is 1. The first-order valence-corrected chi connectivity index (χ1v) is 3.74. The van der Waals surface area contributed by atoms with E-state index in [9.17, 15) is 0 Å². The normalized spacial score (nSPS) is 12.9. The zero-order valence-corrected chi connectivity index (χ0v) is 6.71. The van der Waals surface area contributed by atoms with E-state index in [2.05, 4.69) is 6.58 Å². The standard InChI is InChI=1S/C9H13NO/c1-3-7-5-6-9(11-7)8(10)4-2/h4-6,8H,2-3,10H2,1H3/t8-/m0/s1. The van der Waals surface area contributed by atoms with Crippen molar-refractivity contribution in [2.75, 3.05) is 0 Å². The molecule has 1 aromatic rings. The van der Waals surface area contributed by atoms with E-state index >= 15 is 0 Å². The quantitative estimate of drug-likeness (QED) is 0.671. The lowest BCUT2D eigenvalue weighted by atomic mass is 10.2. The van der Waals surface area contributed by atoms with Crippen molar-refractivity contribution < 1.29 is 4.42 Å². The van der Waals surface area contributed by atoms with Gasteiger partial charge in [-0.1, -0.05) is 13.0 Å². The van der Waals surface area contributed by atoms with E-state index in [1.165, 1.54) is 0 Å². The summed E-state index contributed by atoms with van der Waals surface area (Å²) in [6, 6.07) is 3.67. The Morgan fingerprint density at radius 3 is 2.91 bits per heavy atom. The van der Waals surface area contributed by atoms with Crippen LogP contribution in [0.5, 0.6) is 0 Å². The van der Waals surface area contributed by atoms with Gasteiger partial charge in [0.25, 0.3) is 0 Å². The molecular weight excluding hydrogens is 138 g/mol. The van der Waals surface area contributed by atoms with Crippen LogP contribution in [0.4, 0.5) is 0 Å². The van der Waals surface area contributed by atoms with Crippen LogP contribution in [0.1, 0.15) is 24.5 Å². The monoisotopic (exact) mass is 151 g/mol. The highest BCUT2D eigenvalue weighted by atomic mass is 16.3. The van der Waals surface area contributed by atoms with Crippen molar-refractivity contribution in [3.05, 3.63) is 36.3 Å². The van der Waals surface area contributed by atoms with Crippen LogP contribution in [0, 0.1) is 0 Å². The molecule has 1 aromatic heterocycles. The highest BCUT2D eigenvalue weighted by molar-refractivity contribution is 5.13. The molecule has 0 spiro atoms. The molecule has 0 aliphatic carbocycles. The lowest BCUT2D eigenvalue weighted by Gasteiger charge is -1.99. The molecule has 0 aromatic carbocycles. The molecular formula is C9H13NO. The first-order valence-electron chi connectivity index (χ1n) is 3.74. The summed E-state index contributed by atoms with van der Waals surface area (Å²) in [4.78, 5) is 0. The molecule has 0 saturated heterocycles. The molecule has 0 radical (unpaired) electrons. The van der Waals surface area contributed by atoms with Gasteiger partial charge in [-0.2, -0.15) is 0 Å². The first-order chi connectivity index (χ1) is 5.27. The second kappa shape index (κ2) is 3.39. The second-order valence-corrected chi connectivity index (χ2v) is 2.42. The number of furan rings is 1. The molecule has 2 heteroatoms. The minimum atomic E-state index is -0.171. The lowest BCUT2D eigenvalue weighted by Crippen LogP contribution is -2.04. The van der Waals surface area contributed by atoms with E-state index in [4.69, 9.17) is 10.2 Å². The molecule has 60 valence electrons. The van der Waals surface area contributed by atoms with E-state index in [1.54, 1.807) is 6.08 Å². The maximum absolute atomic E-state index is 5.65. The van der Waals surface area contributed by atoms with E-state index in [0.29, 0.717) is 0 Å². The summed E-state index contributed by atoms with van der Waals surface area (Å²) < 4.78 is 5.39. The third-order valence-corrected chi connectivity index (χ3v) is 1.61. The number of hydrogen-bond acceptors (Lipinski definition) is 2. The molecule has 2 nitrogen and oxygen atoms in total. The van der Waals surface area contributed by atoms with Crippen LogP contribution < -0.4 is 5.73 Å². The van der Waals surface area contributed by atoms with Crippen molar-refractivity contribution in [2.45, 2.75) is 19.4 Å². The molecule has 2 N–H and O–H groups in total. The van der Waals surface area contributed by atoms with Gasteiger partial charge in [-0.3, -0.25) is 0 Å². The zero-order chi connectivity index (χ0) is 8.27. The molecule has 0 saturated carbocycles. The van der Waals surface area contributed by atoms with Gasteiger partial charge in [0, 0.05) is 6.42 Å². The van der Waals surface area contributed by atoms with Crippen LogP contribution in [0.25, 0.3) is 0 Å². The van der Waals surface area contributed by atoms with Gasteiger partial charge in [0.2, 0.25) is 0 Å². The van der Waals surface area contributed by atoms with Crippen LogP contribution in [0.2, 0.25) is 0 Å². The summed E-state index contributed by atoms with van der Waals surface area (Å²) in [5.41, 5.74) is 5.65. The van der Waals surface area contributed by atoms with E-state index < -0.39 is 0 Å². The van der Waals surface area contributed by atoms with Gasteiger partial charge >= 0.3 is 0 Å². The fourth-order valence-corrected chi connectivity index (χ4v) is 0.880. The summed E-state index contributed by atoms with van der Waals surface area (Å²) in [5.74, 6) is 1.76. The topological polar surface area (TPSA) is 39.2 Å². The Kier molecular flexibility index (Phi) is 2.49. The minimum absolute atomic E-state index is 0.171. The number of rotatable bonds is 3. The van der Waals surface area contributed by atoms with Crippen molar-refractivity contribution in [1.29, 1.82) is 0 Å². The van der Waals surface area contributed by atoms with Gasteiger partial charge in [-0.25, -0.2) is 0 Å². The Bertz CT molecular complexity index is 239. The van der Waals surface area contributed by atoms with E-state index in [-0.39, 0.29) is 6.04 Å². The number of hydrogen-bond donors (Lipinski definition) is 1. The highest BCUT2D eigenvalue weighted by Gasteiger charge is 2.05. The number of aryl methyl sites for hydroxylation is 1. The molecule has 0 bridgehead atoms. The molecule has 11 heavy (non-hydrogen) atoms. The average Bonchev–Trinajstić information content (AvgIpc) is 2.50. The molecule has 0 fully saturated rings. The van der Waals surface area contributed by atoms with Crippen molar-refractivity contribution in [3.63, 3.8) is 0 Å². The Morgan fingerprint density at radius 1 is 1.73 bits per heavy atom. The second-order valence-electron chi connectivity index (χ2n) is 2.42. The van der Waals surface area contributed by atoms with Gasteiger partial charge in [-0.15, -0.1) is 6.58 Å². The fraction of sp³-hybridized carbons (Fsp3) is 0.333. The fourth-order valence-electron chi connectivity index (χ4n) is 0.880. The van der Waals surface area contributed by atoms with Crippen molar-refractivity contribution in [2.24, 2.45) is 5.73 Å². The smallest absolute Gasteiger partial charge is 0.124 e. The molecule has 1 rings (SSSR count). The summed E-state index contributed by atoms with van der Waals surface area (Å²) in [6.45, 7) is 5.63. The summed E-state index contributed by atoms with van der Waals surface area (Å²) >= 11 is 0. The summed E-state index contributed by atoms with van der Waals surface area (Å²) in [5, 5.41) is 0. The summed E-state index contributed by atoms with van der Waals surface area (Å²) in [7, 11) is 0. The maximum atomic E-state index is 5.65. The Labute approximate surface area is 66.7 Å². The summed E-state index contributed by atoms with van der Waals surface area (Å²) in [6.07, 6.45) is 2.57. The first kappa shape index (κ1) is 8.08. The van der Waals surface area contributed by atoms with Gasteiger partial charge in [0.05, 0.1) is 6.04 Å². The van der Waals surface area contributed by atoms with Crippen molar-refractivity contribution in [3.8, 4) is 0 Å². The van der Waals surface area contributed by atoms with Crippen LogP contribution >= 0.6 is 0 Å². The Balaban J connectivity index is 2.79. The molecule has 0 aliphatic heterocycles. The van der Waals surface area contributed by atoms with Gasteiger partial charge in [-0.05, 0) is 12.1 Å². The predicted molar refractivity (Wildman–Crippen MR) is 45.2 cm³/mol. The molecule has 1 atom stereocenters. The third kappa shape index (κ3) is 1.71. The zero-order valence-electron chi connectivity index (χ0n) is 6.71. The molecule has 1 heterocycles. The van der Waals surface area contributed by atoms with Crippen LogP contribution in [0.3, 0.4) is 0 Å².